The van der Waals surface area contributed by atoms with Crippen LogP contribution in [-0.2, 0) is 0 Å². The van der Waals surface area contributed by atoms with Crippen molar-refractivity contribution in [2.45, 2.75) is 97.3 Å². The maximum atomic E-state index is 2.76. The lowest BCUT2D eigenvalue weighted by Gasteiger charge is -2.32. The van der Waals surface area contributed by atoms with E-state index >= 15 is 0 Å². The van der Waals surface area contributed by atoms with Crippen molar-refractivity contribution in [1.82, 2.24) is 4.90 Å². The Bertz CT molecular complexity index is 182. The zero-order chi connectivity index (χ0) is 14.5. The van der Waals surface area contributed by atoms with Crippen LogP contribution in [0.3, 0.4) is 0 Å². The van der Waals surface area contributed by atoms with Gasteiger partial charge in [0.2, 0.25) is 0 Å². The second-order valence-electron chi connectivity index (χ2n) is 6.93. The quantitative estimate of drug-likeness (QED) is 0.395. The number of hydrogen-bond donors (Lipinski definition) is 0. The Hall–Kier alpha value is -0.0400. The fourth-order valence-electron chi connectivity index (χ4n) is 3.57. The third-order valence-electron chi connectivity index (χ3n) is 4.90. The summed E-state index contributed by atoms with van der Waals surface area (Å²) >= 11 is 0. The molecule has 1 fully saturated rings. The van der Waals surface area contributed by atoms with Crippen LogP contribution in [0.1, 0.15) is 97.3 Å². The van der Waals surface area contributed by atoms with Gasteiger partial charge in [0.1, 0.15) is 0 Å². The lowest BCUT2D eigenvalue weighted by Crippen LogP contribution is -2.36. The number of rotatable bonds is 12. The largest absolute Gasteiger partial charge is 0.303 e. The first-order chi connectivity index (χ1) is 9.86. The molecule has 1 aliphatic heterocycles. The molecule has 1 rings (SSSR count). The third kappa shape index (κ3) is 9.00. The molecule has 1 unspecified atom stereocenters. The van der Waals surface area contributed by atoms with Crippen molar-refractivity contribution in [3.8, 4) is 0 Å². The molecule has 1 saturated heterocycles. The van der Waals surface area contributed by atoms with Crippen LogP contribution in [0.5, 0.6) is 0 Å². The average molecular weight is 282 g/mol. The Morgan fingerprint density at radius 3 is 2.15 bits per heavy atom. The zero-order valence-corrected chi connectivity index (χ0v) is 14.3. The molecule has 1 heterocycles. The normalized spacial score (nSPS) is 20.4. The Kier molecular flexibility index (Phi) is 11.4. The third-order valence-corrected chi connectivity index (χ3v) is 4.90. The molecule has 0 amide bonds. The topological polar surface area (TPSA) is 3.24 Å². The van der Waals surface area contributed by atoms with Gasteiger partial charge in [0, 0.05) is 6.54 Å². The summed E-state index contributed by atoms with van der Waals surface area (Å²) in [6, 6.07) is 0. The molecule has 20 heavy (non-hydrogen) atoms. The van der Waals surface area contributed by atoms with Crippen LogP contribution in [0, 0.1) is 5.92 Å². The summed E-state index contributed by atoms with van der Waals surface area (Å²) in [4.78, 5) is 2.76. The van der Waals surface area contributed by atoms with E-state index in [0.29, 0.717) is 0 Å². The van der Waals surface area contributed by atoms with Crippen molar-refractivity contribution < 1.29 is 0 Å². The van der Waals surface area contributed by atoms with Gasteiger partial charge in [-0.05, 0) is 44.7 Å². The van der Waals surface area contributed by atoms with E-state index in [1.165, 1.54) is 103 Å². The van der Waals surface area contributed by atoms with Crippen molar-refractivity contribution in [2.75, 3.05) is 19.6 Å². The van der Waals surface area contributed by atoms with Crippen LogP contribution >= 0.6 is 0 Å². The molecule has 1 heteroatoms. The molecule has 0 aromatic heterocycles. The van der Waals surface area contributed by atoms with Crippen molar-refractivity contribution in [3.05, 3.63) is 0 Å². The van der Waals surface area contributed by atoms with E-state index in [1.807, 2.05) is 0 Å². The second-order valence-corrected chi connectivity index (χ2v) is 6.93. The maximum Gasteiger partial charge on any atom is 0.000966 e. The second kappa shape index (κ2) is 12.7. The van der Waals surface area contributed by atoms with Crippen LogP contribution < -0.4 is 0 Å². The predicted octanol–water partition coefficient (Wildman–Crippen LogP) is 6.03. The molecule has 0 aliphatic carbocycles. The average Bonchev–Trinajstić information content (AvgIpc) is 2.47. The van der Waals surface area contributed by atoms with Gasteiger partial charge in [-0.15, -0.1) is 0 Å². The first-order valence-electron chi connectivity index (χ1n) is 9.59. The molecule has 0 bridgehead atoms. The van der Waals surface area contributed by atoms with Gasteiger partial charge in [-0.3, -0.25) is 0 Å². The summed E-state index contributed by atoms with van der Waals surface area (Å²) in [5, 5.41) is 0. The van der Waals surface area contributed by atoms with Crippen LogP contribution in [0.4, 0.5) is 0 Å². The monoisotopic (exact) mass is 281 g/mol. The fourth-order valence-corrected chi connectivity index (χ4v) is 3.57. The van der Waals surface area contributed by atoms with Gasteiger partial charge in [-0.25, -0.2) is 0 Å². The van der Waals surface area contributed by atoms with Crippen LogP contribution in [-0.4, -0.2) is 24.5 Å². The van der Waals surface area contributed by atoms with Crippen LogP contribution in [0.25, 0.3) is 0 Å². The van der Waals surface area contributed by atoms with Crippen molar-refractivity contribution in [2.24, 2.45) is 5.92 Å². The molecule has 120 valence electrons. The van der Waals surface area contributed by atoms with E-state index in [-0.39, 0.29) is 0 Å². The van der Waals surface area contributed by atoms with E-state index < -0.39 is 0 Å². The maximum absolute atomic E-state index is 2.76. The number of unbranched alkanes of at least 4 members (excludes halogenated alkanes) is 8. The molecule has 1 atom stereocenters. The highest BCUT2D eigenvalue weighted by Crippen LogP contribution is 2.22. The van der Waals surface area contributed by atoms with Gasteiger partial charge in [-0.2, -0.15) is 0 Å². The molecule has 0 aromatic rings. The van der Waals surface area contributed by atoms with Gasteiger partial charge in [0.05, 0.1) is 0 Å². The highest BCUT2D eigenvalue weighted by Gasteiger charge is 2.18. The van der Waals surface area contributed by atoms with Gasteiger partial charge in [0.15, 0.2) is 0 Å². The van der Waals surface area contributed by atoms with E-state index in [2.05, 4.69) is 18.7 Å². The van der Waals surface area contributed by atoms with Crippen LogP contribution in [0.15, 0.2) is 0 Å². The molecule has 0 radical (unpaired) electrons. The van der Waals surface area contributed by atoms with Crippen LogP contribution in [0.2, 0.25) is 0 Å². The molecule has 0 aromatic carbocycles. The Balaban J connectivity index is 2.00. The van der Waals surface area contributed by atoms with Gasteiger partial charge in [-0.1, -0.05) is 71.6 Å². The minimum Gasteiger partial charge on any atom is -0.303 e. The van der Waals surface area contributed by atoms with E-state index in [0.717, 1.165) is 5.92 Å². The first-order valence-corrected chi connectivity index (χ1v) is 9.59. The number of piperidine rings is 1. The summed E-state index contributed by atoms with van der Waals surface area (Å²) in [7, 11) is 0. The summed E-state index contributed by atoms with van der Waals surface area (Å²) in [6.45, 7) is 8.76. The lowest BCUT2D eigenvalue weighted by molar-refractivity contribution is 0.163. The molecule has 0 saturated carbocycles. The minimum atomic E-state index is 1.01. The molecule has 1 nitrogen and oxygen atoms in total. The summed E-state index contributed by atoms with van der Waals surface area (Å²) in [5.74, 6) is 1.01. The fraction of sp³-hybridized carbons (Fsp3) is 1.00. The molecule has 0 N–H and O–H groups in total. The zero-order valence-electron chi connectivity index (χ0n) is 14.3. The van der Waals surface area contributed by atoms with E-state index in [9.17, 15) is 0 Å². The Morgan fingerprint density at radius 1 is 0.800 bits per heavy atom. The SMILES string of the molecule is CCCCCCCC1CCCN(CCCCCCC)C1. The van der Waals surface area contributed by atoms with Gasteiger partial charge in [0.25, 0.3) is 0 Å². The summed E-state index contributed by atoms with van der Waals surface area (Å²) in [6.07, 6.45) is 18.8. The number of nitrogens with zero attached hydrogens (tertiary/aromatic N) is 1. The number of hydrogen-bond acceptors (Lipinski definition) is 1. The first kappa shape index (κ1) is 18.0. The molecular weight excluding hydrogens is 242 g/mol. The highest BCUT2D eigenvalue weighted by atomic mass is 15.1. The molecule has 1 aliphatic rings. The van der Waals surface area contributed by atoms with Crippen molar-refractivity contribution >= 4 is 0 Å². The van der Waals surface area contributed by atoms with Crippen molar-refractivity contribution in [3.63, 3.8) is 0 Å². The van der Waals surface area contributed by atoms with Gasteiger partial charge < -0.3 is 4.90 Å². The predicted molar refractivity (Wildman–Crippen MR) is 91.3 cm³/mol. The van der Waals surface area contributed by atoms with Gasteiger partial charge >= 0.3 is 0 Å². The van der Waals surface area contributed by atoms with E-state index in [4.69, 9.17) is 0 Å². The standard InChI is InChI=1S/C19H39N/c1-3-5-7-9-11-14-19-15-13-17-20(18-19)16-12-10-8-6-4-2/h19H,3-18H2,1-2H3. The summed E-state index contributed by atoms with van der Waals surface area (Å²) < 4.78 is 0. The highest BCUT2D eigenvalue weighted by molar-refractivity contribution is 4.73. The minimum absolute atomic E-state index is 1.01. The van der Waals surface area contributed by atoms with E-state index in [1.54, 1.807) is 0 Å². The summed E-state index contributed by atoms with van der Waals surface area (Å²) in [5.41, 5.74) is 0. The van der Waals surface area contributed by atoms with Crippen molar-refractivity contribution in [1.29, 1.82) is 0 Å². The smallest absolute Gasteiger partial charge is 0.000966 e. The Morgan fingerprint density at radius 2 is 1.45 bits per heavy atom. The molecular formula is C19H39N. The Labute approximate surface area is 128 Å². The lowest BCUT2D eigenvalue weighted by atomic mass is 9.92. The molecule has 0 spiro atoms. The number of likely N-dealkylation sites (tertiary alicyclic amines) is 1.